The van der Waals surface area contributed by atoms with Crippen molar-refractivity contribution in [2.75, 3.05) is 12.3 Å². The van der Waals surface area contributed by atoms with Crippen molar-refractivity contribution >= 4 is 35.3 Å². The van der Waals surface area contributed by atoms with E-state index in [-0.39, 0.29) is 11.8 Å². The van der Waals surface area contributed by atoms with Gasteiger partial charge in [-0.1, -0.05) is 37.6 Å². The number of hydrogen-bond acceptors (Lipinski definition) is 3. The lowest BCUT2D eigenvalue weighted by atomic mass is 10.0. The molecule has 1 aromatic rings. The molecule has 0 aliphatic carbocycles. The maximum atomic E-state index is 12.0. The summed E-state index contributed by atoms with van der Waals surface area (Å²) in [6.07, 6.45) is 0. The Hall–Kier alpha value is -1.40. The monoisotopic (exact) mass is 343 g/mol. The summed E-state index contributed by atoms with van der Waals surface area (Å²) in [5, 5.41) is 6.00. The Labute approximate surface area is 140 Å². The third-order valence-corrected chi connectivity index (χ3v) is 4.26. The van der Waals surface area contributed by atoms with Gasteiger partial charge in [0.25, 0.3) is 0 Å². The molecular weight excluding hydrogens is 322 g/mol. The normalized spacial score (nSPS) is 12.0. The van der Waals surface area contributed by atoms with Crippen LogP contribution in [0.2, 0.25) is 5.02 Å². The van der Waals surface area contributed by atoms with E-state index in [0.29, 0.717) is 6.54 Å². The number of nitrogens with one attached hydrogen (secondary N) is 2. The second kappa shape index (κ2) is 9.58. The van der Waals surface area contributed by atoms with E-state index in [1.54, 1.807) is 11.8 Å². The molecule has 22 heavy (non-hydrogen) atoms. The van der Waals surface area contributed by atoms with Crippen LogP contribution in [0.5, 0.6) is 0 Å². The summed E-state index contributed by atoms with van der Waals surface area (Å²) in [7, 11) is 0. The van der Waals surface area contributed by atoms with Gasteiger partial charge >= 0.3 is 6.03 Å². The summed E-state index contributed by atoms with van der Waals surface area (Å²) in [6.45, 7) is 4.26. The van der Waals surface area contributed by atoms with Crippen molar-refractivity contribution in [3.8, 4) is 0 Å². The Morgan fingerprint density at radius 2 is 1.91 bits per heavy atom. The van der Waals surface area contributed by atoms with Gasteiger partial charge < -0.3 is 16.4 Å². The molecule has 0 bridgehead atoms. The first-order chi connectivity index (χ1) is 10.4. The molecule has 122 valence electrons. The third kappa shape index (κ3) is 7.04. The van der Waals surface area contributed by atoms with Crippen LogP contribution in [0.15, 0.2) is 24.3 Å². The zero-order chi connectivity index (χ0) is 16.5. The van der Waals surface area contributed by atoms with Crippen molar-refractivity contribution in [2.45, 2.75) is 25.6 Å². The van der Waals surface area contributed by atoms with Gasteiger partial charge in [-0.05, 0) is 23.6 Å². The largest absolute Gasteiger partial charge is 0.353 e. The molecule has 3 amide bonds. The maximum absolute atomic E-state index is 12.0. The molecule has 1 rings (SSSR count). The number of halogens is 1. The molecule has 0 saturated heterocycles. The van der Waals surface area contributed by atoms with E-state index in [1.165, 1.54) is 5.56 Å². The number of primary amides is 1. The van der Waals surface area contributed by atoms with Crippen molar-refractivity contribution in [3.05, 3.63) is 34.9 Å². The fraction of sp³-hybridized carbons (Fsp3) is 0.467. The van der Waals surface area contributed by atoms with Crippen molar-refractivity contribution in [1.29, 1.82) is 0 Å². The summed E-state index contributed by atoms with van der Waals surface area (Å²) in [6, 6.07) is 6.41. The van der Waals surface area contributed by atoms with E-state index in [9.17, 15) is 9.59 Å². The minimum absolute atomic E-state index is 0.0192. The highest BCUT2D eigenvalue weighted by atomic mass is 35.5. The molecule has 1 aromatic carbocycles. The molecule has 4 N–H and O–H groups in total. The number of benzene rings is 1. The van der Waals surface area contributed by atoms with E-state index in [4.69, 9.17) is 17.3 Å². The third-order valence-electron chi connectivity index (χ3n) is 2.97. The predicted octanol–water partition coefficient (Wildman–Crippen LogP) is 2.38. The highest BCUT2D eigenvalue weighted by Gasteiger charge is 2.22. The first-order valence-corrected chi connectivity index (χ1v) is 8.59. The molecule has 1 atom stereocenters. The van der Waals surface area contributed by atoms with Crippen molar-refractivity contribution in [1.82, 2.24) is 10.6 Å². The number of carbonyl (C=O) groups is 2. The summed E-state index contributed by atoms with van der Waals surface area (Å²) >= 11 is 7.55. The van der Waals surface area contributed by atoms with Gasteiger partial charge in [0.15, 0.2) is 0 Å². The van der Waals surface area contributed by atoms with Crippen LogP contribution in [0.1, 0.15) is 19.4 Å². The van der Waals surface area contributed by atoms with Crippen LogP contribution in [0.3, 0.4) is 0 Å². The first kappa shape index (κ1) is 18.6. The van der Waals surface area contributed by atoms with E-state index < -0.39 is 12.1 Å². The number of rotatable bonds is 8. The van der Waals surface area contributed by atoms with Gasteiger partial charge in [0.2, 0.25) is 5.91 Å². The zero-order valence-corrected chi connectivity index (χ0v) is 14.3. The molecule has 0 heterocycles. The van der Waals surface area contributed by atoms with Crippen LogP contribution >= 0.6 is 23.4 Å². The van der Waals surface area contributed by atoms with Gasteiger partial charge in [-0.2, -0.15) is 11.8 Å². The van der Waals surface area contributed by atoms with Crippen LogP contribution in [-0.2, 0) is 10.5 Å². The number of hydrogen-bond donors (Lipinski definition) is 3. The standard InChI is InChI=1S/C15H22ClN3O2S/c1-10(2)13(19-15(17)21)14(20)18-7-8-22-9-11-3-5-12(16)6-4-11/h3-6,10,13H,7-9H2,1-2H3,(H,18,20)(H3,17,19,21)/t13-/m0/s1. The highest BCUT2D eigenvalue weighted by Crippen LogP contribution is 2.15. The van der Waals surface area contributed by atoms with Gasteiger partial charge in [0.1, 0.15) is 6.04 Å². The lowest BCUT2D eigenvalue weighted by molar-refractivity contribution is -0.123. The SMILES string of the molecule is CC(C)[C@H](NC(N)=O)C(=O)NCCSCc1ccc(Cl)cc1. The van der Waals surface area contributed by atoms with Gasteiger partial charge in [-0.3, -0.25) is 4.79 Å². The number of nitrogens with two attached hydrogens (primary N) is 1. The second-order valence-electron chi connectivity index (χ2n) is 5.20. The summed E-state index contributed by atoms with van der Waals surface area (Å²) in [5.74, 6) is 1.42. The predicted molar refractivity (Wildman–Crippen MR) is 92.0 cm³/mol. The summed E-state index contributed by atoms with van der Waals surface area (Å²) in [5.41, 5.74) is 6.27. The van der Waals surface area contributed by atoms with Crippen LogP contribution in [0.4, 0.5) is 4.79 Å². The van der Waals surface area contributed by atoms with E-state index in [2.05, 4.69) is 10.6 Å². The van der Waals surface area contributed by atoms with Gasteiger partial charge in [0.05, 0.1) is 0 Å². The molecule has 0 radical (unpaired) electrons. The highest BCUT2D eigenvalue weighted by molar-refractivity contribution is 7.98. The first-order valence-electron chi connectivity index (χ1n) is 7.06. The van der Waals surface area contributed by atoms with Gasteiger partial charge in [0, 0.05) is 23.1 Å². The van der Waals surface area contributed by atoms with Crippen molar-refractivity contribution in [3.63, 3.8) is 0 Å². The van der Waals surface area contributed by atoms with Crippen molar-refractivity contribution in [2.24, 2.45) is 11.7 Å². The molecule has 7 heteroatoms. The Balaban J connectivity index is 2.26. The average Bonchev–Trinajstić information content (AvgIpc) is 2.45. The lowest BCUT2D eigenvalue weighted by Crippen LogP contribution is -2.51. The lowest BCUT2D eigenvalue weighted by Gasteiger charge is -2.20. The van der Waals surface area contributed by atoms with E-state index >= 15 is 0 Å². The van der Waals surface area contributed by atoms with Crippen molar-refractivity contribution < 1.29 is 9.59 Å². The number of thioether (sulfide) groups is 1. The molecule has 0 saturated carbocycles. The van der Waals surface area contributed by atoms with Gasteiger partial charge in [-0.25, -0.2) is 4.79 Å². The average molecular weight is 344 g/mol. The molecule has 0 unspecified atom stereocenters. The Kier molecular flexibility index (Phi) is 8.12. The maximum Gasteiger partial charge on any atom is 0.312 e. The quantitative estimate of drug-likeness (QED) is 0.633. The topological polar surface area (TPSA) is 84.2 Å². The fourth-order valence-corrected chi connectivity index (χ4v) is 2.76. The number of urea groups is 1. The Morgan fingerprint density at radius 3 is 2.45 bits per heavy atom. The van der Waals surface area contributed by atoms with Crippen LogP contribution in [0.25, 0.3) is 0 Å². The molecule has 0 fully saturated rings. The number of amides is 3. The molecule has 0 spiro atoms. The zero-order valence-electron chi connectivity index (χ0n) is 12.8. The Morgan fingerprint density at radius 1 is 1.27 bits per heavy atom. The van der Waals surface area contributed by atoms with Crippen LogP contribution in [0, 0.1) is 5.92 Å². The van der Waals surface area contributed by atoms with Gasteiger partial charge in [-0.15, -0.1) is 0 Å². The fourth-order valence-electron chi connectivity index (χ4n) is 1.82. The summed E-state index contributed by atoms with van der Waals surface area (Å²) < 4.78 is 0. The second-order valence-corrected chi connectivity index (χ2v) is 6.74. The molecular formula is C15H22ClN3O2S. The van der Waals surface area contributed by atoms with E-state index in [0.717, 1.165) is 16.5 Å². The van der Waals surface area contributed by atoms with Crippen LogP contribution in [-0.4, -0.2) is 30.3 Å². The minimum Gasteiger partial charge on any atom is -0.353 e. The molecule has 5 nitrogen and oxygen atoms in total. The molecule has 0 aliphatic rings. The number of carbonyl (C=O) groups excluding carboxylic acids is 2. The smallest absolute Gasteiger partial charge is 0.312 e. The molecule has 0 aliphatic heterocycles. The Bertz CT molecular complexity index is 494. The molecule has 0 aromatic heterocycles. The summed E-state index contributed by atoms with van der Waals surface area (Å²) in [4.78, 5) is 22.9. The minimum atomic E-state index is -0.689. The van der Waals surface area contributed by atoms with Crippen LogP contribution < -0.4 is 16.4 Å². The van der Waals surface area contributed by atoms with E-state index in [1.807, 2.05) is 38.1 Å².